The normalized spacial score (nSPS) is 16.9. The Morgan fingerprint density at radius 1 is 0.637 bits per heavy atom. The number of nitrogen functional groups attached to an aromatic ring is 2. The third-order valence-electron chi connectivity index (χ3n) is 13.0. The van der Waals surface area contributed by atoms with Gasteiger partial charge in [-0.2, -0.15) is 0 Å². The Morgan fingerprint density at radius 3 is 1.62 bits per heavy atom. The number of aromatic nitrogens is 5. The highest BCUT2D eigenvalue weighted by atomic mass is 35.5. The van der Waals surface area contributed by atoms with E-state index >= 15 is 0 Å². The molecule has 3 saturated heterocycles. The Bertz CT molecular complexity index is 2850. The monoisotopic (exact) mass is 1120 g/mol. The number of nitro groups is 2. The fourth-order valence-corrected chi connectivity index (χ4v) is 9.08. The van der Waals surface area contributed by atoms with Gasteiger partial charge in [0.1, 0.15) is 35.0 Å². The minimum absolute atomic E-state index is 0. The van der Waals surface area contributed by atoms with Crippen LogP contribution in [0.15, 0.2) is 91.0 Å². The van der Waals surface area contributed by atoms with Gasteiger partial charge in [-0.15, -0.1) is 0 Å². The summed E-state index contributed by atoms with van der Waals surface area (Å²) in [7, 11) is 4.82. The van der Waals surface area contributed by atoms with Crippen LogP contribution in [-0.4, -0.2) is 147 Å². The first-order valence-electron chi connectivity index (χ1n) is 25.3. The summed E-state index contributed by atoms with van der Waals surface area (Å²) >= 11 is 5.41. The number of hydrogen-bond donors (Lipinski definition) is 6. The molecule has 3 aliphatic heterocycles. The predicted molar refractivity (Wildman–Crippen MR) is 322 cm³/mol. The van der Waals surface area contributed by atoms with Crippen LogP contribution < -0.4 is 32.6 Å². The lowest BCUT2D eigenvalue weighted by molar-refractivity contribution is -0.384. The van der Waals surface area contributed by atoms with Crippen molar-refractivity contribution in [1.82, 2.24) is 39.4 Å². The van der Waals surface area contributed by atoms with Gasteiger partial charge in [-0.1, -0.05) is 83.5 Å². The number of carbonyl (C=O) groups is 3. The molecular weight excluding hydrogens is 1040 g/mol. The summed E-state index contributed by atoms with van der Waals surface area (Å²) in [5.74, 6) is 2.60. The summed E-state index contributed by atoms with van der Waals surface area (Å²) < 4.78 is 5.88. The number of fused-ring (bicyclic) bond motifs is 1. The Balaban J connectivity index is 0.000000311. The van der Waals surface area contributed by atoms with E-state index in [9.17, 15) is 34.6 Å². The number of ether oxygens (including phenoxy) is 1. The van der Waals surface area contributed by atoms with Crippen molar-refractivity contribution in [3.8, 4) is 17.1 Å². The van der Waals surface area contributed by atoms with Gasteiger partial charge in [0.25, 0.3) is 22.2 Å². The molecule has 27 heteroatoms. The highest BCUT2D eigenvalue weighted by Crippen LogP contribution is 2.26. The Morgan fingerprint density at radius 2 is 1.12 bits per heavy atom. The molecule has 3 aliphatic rings. The van der Waals surface area contributed by atoms with Crippen molar-refractivity contribution in [3.05, 3.63) is 122 Å². The van der Waals surface area contributed by atoms with Gasteiger partial charge in [0.05, 0.1) is 33.9 Å². The molecule has 2 aromatic carbocycles. The molecule has 80 heavy (non-hydrogen) atoms. The molecule has 0 saturated carbocycles. The van der Waals surface area contributed by atoms with Crippen LogP contribution in [0.4, 0.5) is 34.6 Å². The van der Waals surface area contributed by atoms with Crippen molar-refractivity contribution >= 4 is 98.2 Å². The van der Waals surface area contributed by atoms with Crippen LogP contribution in [0, 0.1) is 20.2 Å². The summed E-state index contributed by atoms with van der Waals surface area (Å²) in [6.45, 7) is 5.32. The standard InChI is InChI=1S/C26H27BN5O2.C12H17BN5O3.C7H14BN2O.C5H4ClN3O2.3CH4/c33-18-27-32-15-5-4-8-21(32)16-28-24-14-13-23-26(30-24)31-25(29-23)20-9-11-22(12-10-20)34-17-19-6-2-1-3-7-19;14-12-10(18(20)21)4-5-11(16-12)15-7-9-3-1-2-6-17(9)13-8-19;9-5-7-3-1-2-4-10(7)8-6-11;6-4-2-1-3(9(10)11)5(7)8-4;;;/h1-3,6-7,9-14,18,21H,4-5,8,15-17H2,(H2,28,29,30,31);4-5,8-9H,1-3,6-7H2,(H3,14,15,16);6-7H,1-5,9H2;1-2H,(H2,7,8);3*1H4. The lowest BCUT2D eigenvalue weighted by atomic mass is 9.86. The lowest BCUT2D eigenvalue weighted by Crippen LogP contribution is -2.46. The second kappa shape index (κ2) is 35.2. The maximum atomic E-state index is 10.9. The number of piperidine rings is 3. The summed E-state index contributed by atoms with van der Waals surface area (Å²) in [6.07, 6.45) is 12.6. The first-order valence-corrected chi connectivity index (χ1v) is 25.7. The molecule has 0 aliphatic carbocycles. The van der Waals surface area contributed by atoms with Crippen LogP contribution in [0.5, 0.6) is 5.75 Å². The number of hydrogen-bond acceptors (Lipinski definition) is 20. The first-order chi connectivity index (χ1) is 37.4. The molecule has 9 rings (SSSR count). The maximum Gasteiger partial charge on any atom is 0.311 e. The number of aromatic amines is 1. The molecule has 3 unspecified atom stereocenters. The molecule has 425 valence electrons. The van der Waals surface area contributed by atoms with Crippen LogP contribution in [0.1, 0.15) is 85.6 Å². The third kappa shape index (κ3) is 20.6. The van der Waals surface area contributed by atoms with Gasteiger partial charge in [-0.3, -0.25) is 20.2 Å². The van der Waals surface area contributed by atoms with Crippen LogP contribution in [0.25, 0.3) is 22.6 Å². The van der Waals surface area contributed by atoms with E-state index in [0.29, 0.717) is 43.2 Å². The zero-order valence-corrected chi connectivity index (χ0v) is 43.3. The van der Waals surface area contributed by atoms with Gasteiger partial charge in [0, 0.05) is 55.5 Å². The number of nitrogens with two attached hydrogens (primary N) is 3. The highest BCUT2D eigenvalue weighted by molar-refractivity contribution is 6.65. The van der Waals surface area contributed by atoms with Gasteiger partial charge >= 0.3 is 11.4 Å². The summed E-state index contributed by atoms with van der Waals surface area (Å²) in [5.41, 5.74) is 19.5. The molecule has 3 atom stereocenters. The molecule has 4 aromatic heterocycles. The molecule has 0 amide bonds. The zero-order chi connectivity index (χ0) is 54.9. The largest absolute Gasteiger partial charge is 0.489 e. The topological polar surface area (TPSA) is 326 Å². The SMILES string of the molecule is C.C.C.NCC1CCCCN1[B]C=O.Nc1nc(Cl)ccc1[N+](=O)[O-].Nc1nc(NCC2CCCCN2[B]C=O)ccc1[N+](=O)[O-].O=C[B]N1CCCCC1CNc1ccc2[nH]c(-c3ccc(OCc4ccccc4)cc3)nc2n1. The van der Waals surface area contributed by atoms with E-state index in [1.54, 1.807) is 22.2 Å². The van der Waals surface area contributed by atoms with Crippen molar-refractivity contribution < 1.29 is 29.0 Å². The number of carbonyl (C=O) groups excluding carboxylic acids is 3. The van der Waals surface area contributed by atoms with Gasteiger partial charge in [-0.25, -0.2) is 19.9 Å². The highest BCUT2D eigenvalue weighted by Gasteiger charge is 2.25. The minimum Gasteiger partial charge on any atom is -0.489 e. The molecule has 3 fully saturated rings. The van der Waals surface area contributed by atoms with Crippen molar-refractivity contribution in [2.75, 3.05) is 61.4 Å². The number of nitrogens with one attached hydrogen (secondary N) is 3. The fraction of sp³-hybridized carbons (Fsp3) is 0.415. The van der Waals surface area contributed by atoms with Crippen LogP contribution in [0.3, 0.4) is 0 Å². The smallest absolute Gasteiger partial charge is 0.311 e. The molecule has 6 aromatic rings. The van der Waals surface area contributed by atoms with Crippen LogP contribution >= 0.6 is 11.6 Å². The summed E-state index contributed by atoms with van der Waals surface area (Å²) in [6, 6.07) is 28.3. The minimum atomic E-state index is -0.612. The second-order valence-electron chi connectivity index (χ2n) is 18.1. The zero-order valence-electron chi connectivity index (χ0n) is 42.6. The maximum absolute atomic E-state index is 10.9. The molecule has 7 heterocycles. The van der Waals surface area contributed by atoms with Crippen LogP contribution in [-0.2, 0) is 21.0 Å². The first kappa shape index (κ1) is 66.8. The number of imidazole rings is 1. The van der Waals surface area contributed by atoms with Gasteiger partial charge in [0.2, 0.25) is 11.6 Å². The molecule has 9 N–H and O–H groups in total. The Kier molecular flexibility index (Phi) is 29.4. The predicted octanol–water partition coefficient (Wildman–Crippen LogP) is 7.67. The van der Waals surface area contributed by atoms with E-state index in [2.05, 4.69) is 40.2 Å². The Hall–Kier alpha value is -7.51. The molecule has 3 radical (unpaired) electrons. The molecular formula is C53H74B3ClN15O8. The van der Waals surface area contributed by atoms with Gasteiger partial charge < -0.3 is 66.4 Å². The number of rotatable bonds is 19. The molecule has 0 spiro atoms. The number of halogens is 1. The summed E-state index contributed by atoms with van der Waals surface area (Å²) in [4.78, 5) is 77.8. The number of H-pyrrole nitrogens is 1. The van der Waals surface area contributed by atoms with Crippen LogP contribution in [0.2, 0.25) is 5.15 Å². The van der Waals surface area contributed by atoms with E-state index in [4.69, 9.17) is 38.5 Å². The average molecular weight is 1120 g/mol. The van der Waals surface area contributed by atoms with E-state index in [0.717, 1.165) is 117 Å². The van der Waals surface area contributed by atoms with Crippen molar-refractivity contribution in [2.24, 2.45) is 5.73 Å². The van der Waals surface area contributed by atoms with Gasteiger partial charge in [-0.05, 0) is 112 Å². The quantitative estimate of drug-likeness (QED) is 0.0149. The van der Waals surface area contributed by atoms with E-state index in [1.807, 2.05) is 71.5 Å². The number of benzene rings is 2. The fourth-order valence-electron chi connectivity index (χ4n) is 8.92. The molecule has 0 bridgehead atoms. The summed E-state index contributed by atoms with van der Waals surface area (Å²) in [5, 5.41) is 27.5. The lowest BCUT2D eigenvalue weighted by Gasteiger charge is -2.34. The Labute approximate surface area is 475 Å². The van der Waals surface area contributed by atoms with Crippen molar-refractivity contribution in [1.29, 1.82) is 0 Å². The van der Waals surface area contributed by atoms with E-state index < -0.39 is 9.85 Å². The number of anilines is 4. The van der Waals surface area contributed by atoms with Gasteiger partial charge in [0.15, 0.2) is 5.65 Å². The number of pyridine rings is 3. The number of nitrogens with zero attached hydrogens (tertiary/aromatic N) is 9. The van der Waals surface area contributed by atoms with E-state index in [-0.39, 0.29) is 56.5 Å². The van der Waals surface area contributed by atoms with E-state index in [1.165, 1.54) is 43.5 Å². The van der Waals surface area contributed by atoms with Crippen molar-refractivity contribution in [2.45, 2.75) is 105 Å². The molecule has 23 nitrogen and oxygen atoms in total. The third-order valence-corrected chi connectivity index (χ3v) is 13.2. The van der Waals surface area contributed by atoms with Crippen molar-refractivity contribution in [3.63, 3.8) is 0 Å². The average Bonchev–Trinajstić information content (AvgIpc) is 3.89. The second-order valence-corrected chi connectivity index (χ2v) is 18.5.